The van der Waals surface area contributed by atoms with Gasteiger partial charge in [0, 0.05) is 16.2 Å². The Bertz CT molecular complexity index is 574. The van der Waals surface area contributed by atoms with Gasteiger partial charge in [-0.2, -0.15) is 4.98 Å². The van der Waals surface area contributed by atoms with Crippen LogP contribution < -0.4 is 5.32 Å². The molecule has 19 heavy (non-hydrogen) atoms. The smallest absolute Gasteiger partial charge is 0.234 e. The minimum absolute atomic E-state index is 0.0350. The minimum Gasteiger partial charge on any atom is -0.340 e. The van der Waals surface area contributed by atoms with E-state index in [-0.39, 0.29) is 5.91 Å². The highest BCUT2D eigenvalue weighted by atomic mass is 127. The monoisotopic (exact) mass is 389 g/mol. The second kappa shape index (κ2) is 6.90. The Labute approximate surface area is 128 Å². The summed E-state index contributed by atoms with van der Waals surface area (Å²) in [7, 11) is 0. The van der Waals surface area contributed by atoms with E-state index < -0.39 is 0 Å². The van der Waals surface area contributed by atoms with Crippen LogP contribution >= 0.6 is 34.4 Å². The van der Waals surface area contributed by atoms with Crippen molar-refractivity contribution in [1.82, 2.24) is 10.1 Å². The molecule has 0 aliphatic heterocycles. The van der Waals surface area contributed by atoms with Gasteiger partial charge in [-0.3, -0.25) is 4.79 Å². The Kier molecular flexibility index (Phi) is 5.20. The molecule has 0 aliphatic carbocycles. The van der Waals surface area contributed by atoms with Gasteiger partial charge in [-0.05, 0) is 40.8 Å². The molecule has 1 heterocycles. The lowest BCUT2D eigenvalue weighted by Crippen LogP contribution is -2.14. The lowest BCUT2D eigenvalue weighted by Gasteiger charge is -2.04. The fraction of sp³-hybridized carbons (Fsp3) is 0.250. The van der Waals surface area contributed by atoms with E-state index in [2.05, 4.69) is 38.0 Å². The summed E-state index contributed by atoms with van der Waals surface area (Å²) in [4.78, 5) is 15.8. The van der Waals surface area contributed by atoms with Gasteiger partial charge in [0.1, 0.15) is 0 Å². The molecule has 7 heteroatoms. The van der Waals surface area contributed by atoms with Gasteiger partial charge in [0.25, 0.3) is 0 Å². The van der Waals surface area contributed by atoms with Crippen molar-refractivity contribution in [1.29, 1.82) is 0 Å². The first-order chi connectivity index (χ1) is 9.13. The van der Waals surface area contributed by atoms with Crippen LogP contribution in [0.15, 0.2) is 28.8 Å². The molecule has 0 atom stereocenters. The van der Waals surface area contributed by atoms with Crippen LogP contribution in [0.5, 0.6) is 0 Å². The number of anilines is 1. The van der Waals surface area contributed by atoms with E-state index in [4.69, 9.17) is 4.52 Å². The zero-order valence-electron chi connectivity index (χ0n) is 10.2. The van der Waals surface area contributed by atoms with Crippen molar-refractivity contribution >= 4 is 45.9 Å². The second-order valence-corrected chi connectivity index (χ2v) is 6.01. The first-order valence-corrected chi connectivity index (χ1v) is 7.79. The van der Waals surface area contributed by atoms with Crippen LogP contribution in [0.25, 0.3) is 0 Å². The highest BCUT2D eigenvalue weighted by Gasteiger charge is 2.06. The molecule has 0 unspecified atom stereocenters. The number of amides is 1. The second-order valence-electron chi connectivity index (χ2n) is 3.78. The Morgan fingerprint density at radius 2 is 2.37 bits per heavy atom. The molecule has 0 fully saturated rings. The number of halogens is 1. The van der Waals surface area contributed by atoms with Crippen molar-refractivity contribution in [2.24, 2.45) is 0 Å². The standard InChI is InChI=1S/C12H12IN3O2S/c1-8-14-11(16-18-8)6-19-7-12(17)15-10-4-2-3-9(13)5-10/h2-5H,6-7H2,1H3,(H,15,17). The highest BCUT2D eigenvalue weighted by Crippen LogP contribution is 2.14. The maximum absolute atomic E-state index is 11.7. The fourth-order valence-corrected chi connectivity index (χ4v) is 2.60. The van der Waals surface area contributed by atoms with E-state index in [1.165, 1.54) is 11.8 Å². The molecule has 2 rings (SSSR count). The molecule has 0 spiro atoms. The average molecular weight is 389 g/mol. The van der Waals surface area contributed by atoms with E-state index >= 15 is 0 Å². The molecule has 0 bridgehead atoms. The van der Waals surface area contributed by atoms with Gasteiger partial charge in [0.05, 0.1) is 11.5 Å². The summed E-state index contributed by atoms with van der Waals surface area (Å²) in [6.45, 7) is 1.74. The molecule has 0 radical (unpaired) electrons. The zero-order chi connectivity index (χ0) is 13.7. The number of benzene rings is 1. The number of carbonyl (C=O) groups excluding carboxylic acids is 1. The maximum Gasteiger partial charge on any atom is 0.234 e. The van der Waals surface area contributed by atoms with Crippen molar-refractivity contribution in [2.45, 2.75) is 12.7 Å². The van der Waals surface area contributed by atoms with Crippen LogP contribution in [-0.2, 0) is 10.5 Å². The quantitative estimate of drug-likeness (QED) is 0.797. The number of nitrogens with one attached hydrogen (secondary N) is 1. The van der Waals surface area contributed by atoms with Crippen LogP contribution in [-0.4, -0.2) is 21.8 Å². The predicted molar refractivity (Wildman–Crippen MR) is 83.0 cm³/mol. The van der Waals surface area contributed by atoms with E-state index in [0.29, 0.717) is 23.2 Å². The van der Waals surface area contributed by atoms with Crippen LogP contribution in [0.2, 0.25) is 0 Å². The molecule has 2 aromatic rings. The summed E-state index contributed by atoms with van der Waals surface area (Å²) in [5.74, 6) is 2.05. The Morgan fingerprint density at radius 3 is 3.05 bits per heavy atom. The summed E-state index contributed by atoms with van der Waals surface area (Å²) in [5.41, 5.74) is 0.813. The number of hydrogen-bond donors (Lipinski definition) is 1. The van der Waals surface area contributed by atoms with E-state index in [9.17, 15) is 4.79 Å². The van der Waals surface area contributed by atoms with Gasteiger partial charge in [-0.1, -0.05) is 11.2 Å². The lowest BCUT2D eigenvalue weighted by molar-refractivity contribution is -0.113. The van der Waals surface area contributed by atoms with Gasteiger partial charge in [0.15, 0.2) is 5.82 Å². The molecule has 1 amide bonds. The first-order valence-electron chi connectivity index (χ1n) is 5.56. The third kappa shape index (κ3) is 4.83. The van der Waals surface area contributed by atoms with E-state index in [1.54, 1.807) is 6.92 Å². The van der Waals surface area contributed by atoms with Gasteiger partial charge < -0.3 is 9.84 Å². The van der Waals surface area contributed by atoms with Crippen molar-refractivity contribution < 1.29 is 9.32 Å². The van der Waals surface area contributed by atoms with Crippen LogP contribution in [0.1, 0.15) is 11.7 Å². The van der Waals surface area contributed by atoms with Gasteiger partial charge >= 0.3 is 0 Å². The zero-order valence-corrected chi connectivity index (χ0v) is 13.2. The average Bonchev–Trinajstić information content (AvgIpc) is 2.75. The fourth-order valence-electron chi connectivity index (χ4n) is 1.40. The van der Waals surface area contributed by atoms with Gasteiger partial charge in [0.2, 0.25) is 11.8 Å². The molecule has 1 aromatic carbocycles. The number of aromatic nitrogens is 2. The largest absolute Gasteiger partial charge is 0.340 e. The topological polar surface area (TPSA) is 68.0 Å². The number of carbonyl (C=O) groups is 1. The summed E-state index contributed by atoms with van der Waals surface area (Å²) in [5, 5.41) is 6.61. The number of thioether (sulfide) groups is 1. The molecule has 5 nitrogen and oxygen atoms in total. The van der Waals surface area contributed by atoms with E-state index in [0.717, 1.165) is 9.26 Å². The van der Waals surface area contributed by atoms with Crippen molar-refractivity contribution in [3.8, 4) is 0 Å². The van der Waals surface area contributed by atoms with E-state index in [1.807, 2.05) is 24.3 Å². The number of rotatable bonds is 5. The SMILES string of the molecule is Cc1nc(CSCC(=O)Nc2cccc(I)c2)no1. The normalized spacial score (nSPS) is 10.4. The molecular weight excluding hydrogens is 377 g/mol. The third-order valence-corrected chi connectivity index (χ3v) is 3.74. The molecular formula is C12H12IN3O2S. The number of nitrogens with zero attached hydrogens (tertiary/aromatic N) is 2. The van der Waals surface area contributed by atoms with Crippen molar-refractivity contribution in [3.63, 3.8) is 0 Å². The summed E-state index contributed by atoms with van der Waals surface area (Å²) >= 11 is 3.66. The highest BCUT2D eigenvalue weighted by molar-refractivity contribution is 14.1. The third-order valence-electron chi connectivity index (χ3n) is 2.14. The number of aryl methyl sites for hydroxylation is 1. The molecule has 100 valence electrons. The first kappa shape index (κ1) is 14.3. The molecule has 0 aliphatic rings. The van der Waals surface area contributed by atoms with Crippen LogP contribution in [0, 0.1) is 10.5 Å². The minimum atomic E-state index is -0.0350. The Hall–Kier alpha value is -1.09. The number of hydrogen-bond acceptors (Lipinski definition) is 5. The van der Waals surface area contributed by atoms with Crippen molar-refractivity contribution in [3.05, 3.63) is 39.6 Å². The van der Waals surface area contributed by atoms with Crippen molar-refractivity contribution in [2.75, 3.05) is 11.1 Å². The Morgan fingerprint density at radius 1 is 1.53 bits per heavy atom. The molecule has 0 saturated heterocycles. The maximum atomic E-state index is 11.7. The summed E-state index contributed by atoms with van der Waals surface area (Å²) < 4.78 is 5.94. The molecule has 0 saturated carbocycles. The summed E-state index contributed by atoms with van der Waals surface area (Å²) in [6, 6.07) is 7.68. The van der Waals surface area contributed by atoms with Gasteiger partial charge in [-0.25, -0.2) is 0 Å². The summed E-state index contributed by atoms with van der Waals surface area (Å²) in [6.07, 6.45) is 0. The lowest BCUT2D eigenvalue weighted by atomic mass is 10.3. The molecule has 1 aromatic heterocycles. The Balaban J connectivity index is 1.76. The molecule has 1 N–H and O–H groups in total. The predicted octanol–water partition coefficient (Wildman–Crippen LogP) is 2.85. The van der Waals surface area contributed by atoms with Crippen LogP contribution in [0.3, 0.4) is 0 Å². The van der Waals surface area contributed by atoms with Crippen LogP contribution in [0.4, 0.5) is 5.69 Å². The van der Waals surface area contributed by atoms with Gasteiger partial charge in [-0.15, -0.1) is 11.8 Å².